The molecule has 0 saturated carbocycles. The zero-order valence-corrected chi connectivity index (χ0v) is 10.2. The summed E-state index contributed by atoms with van der Waals surface area (Å²) in [6.07, 6.45) is 3.63. The number of hydrogen-bond acceptors (Lipinski definition) is 3. The highest BCUT2D eigenvalue weighted by Gasteiger charge is 2.11. The number of nitrogen functional groups attached to an aromatic ring is 1. The van der Waals surface area contributed by atoms with Crippen LogP contribution in [0.1, 0.15) is 23.2 Å². The molecule has 2 N–H and O–H groups in total. The second-order valence-electron chi connectivity index (χ2n) is 4.63. The lowest BCUT2D eigenvalue weighted by molar-refractivity contribution is 0.301. The summed E-state index contributed by atoms with van der Waals surface area (Å²) in [7, 11) is 0. The second kappa shape index (κ2) is 4.69. The molecular formula is C15H16N2O. The molecule has 0 atom stereocenters. The van der Waals surface area contributed by atoms with Gasteiger partial charge in [0, 0.05) is 0 Å². The lowest BCUT2D eigenvalue weighted by Crippen LogP contribution is -2.00. The van der Waals surface area contributed by atoms with Crippen molar-refractivity contribution in [2.24, 2.45) is 0 Å². The third-order valence-corrected chi connectivity index (χ3v) is 3.28. The summed E-state index contributed by atoms with van der Waals surface area (Å²) >= 11 is 0. The van der Waals surface area contributed by atoms with Gasteiger partial charge in [-0.3, -0.25) is 0 Å². The fourth-order valence-corrected chi connectivity index (χ4v) is 2.37. The molecule has 1 aromatic heterocycles. The van der Waals surface area contributed by atoms with Gasteiger partial charge in [-0.15, -0.1) is 0 Å². The van der Waals surface area contributed by atoms with Crippen molar-refractivity contribution in [3.05, 3.63) is 53.2 Å². The number of pyridine rings is 1. The van der Waals surface area contributed by atoms with E-state index in [1.165, 1.54) is 30.4 Å². The van der Waals surface area contributed by atoms with Crippen molar-refractivity contribution in [3.63, 3.8) is 0 Å². The molecule has 1 aliphatic carbocycles. The van der Waals surface area contributed by atoms with Crippen molar-refractivity contribution in [1.82, 2.24) is 4.98 Å². The number of aromatic nitrogens is 1. The van der Waals surface area contributed by atoms with Crippen LogP contribution in [-0.4, -0.2) is 4.98 Å². The number of benzene rings is 1. The first kappa shape index (κ1) is 11.1. The quantitative estimate of drug-likeness (QED) is 0.897. The van der Waals surface area contributed by atoms with Crippen molar-refractivity contribution < 1.29 is 4.74 Å². The Hall–Kier alpha value is -2.03. The molecule has 0 radical (unpaired) electrons. The van der Waals surface area contributed by atoms with E-state index in [4.69, 9.17) is 10.5 Å². The molecule has 92 valence electrons. The molecule has 0 bridgehead atoms. The van der Waals surface area contributed by atoms with Gasteiger partial charge < -0.3 is 10.5 Å². The lowest BCUT2D eigenvalue weighted by Gasteiger charge is -2.08. The zero-order chi connectivity index (χ0) is 12.4. The minimum absolute atomic E-state index is 0.462. The largest absolute Gasteiger partial charge is 0.487 e. The summed E-state index contributed by atoms with van der Waals surface area (Å²) in [5.41, 5.74) is 9.38. The van der Waals surface area contributed by atoms with Crippen molar-refractivity contribution in [2.45, 2.75) is 25.9 Å². The van der Waals surface area contributed by atoms with Gasteiger partial charge in [-0.2, -0.15) is 0 Å². The third kappa shape index (κ3) is 2.30. The van der Waals surface area contributed by atoms with E-state index in [-0.39, 0.29) is 0 Å². The van der Waals surface area contributed by atoms with Crippen molar-refractivity contribution in [2.75, 3.05) is 5.73 Å². The second-order valence-corrected chi connectivity index (χ2v) is 4.63. The van der Waals surface area contributed by atoms with Gasteiger partial charge in [0.15, 0.2) is 0 Å². The fraction of sp³-hybridized carbons (Fsp3) is 0.267. The summed E-state index contributed by atoms with van der Waals surface area (Å²) < 4.78 is 5.75. The van der Waals surface area contributed by atoms with Crippen molar-refractivity contribution >= 4 is 5.82 Å². The lowest BCUT2D eigenvalue weighted by atomic mass is 10.1. The molecule has 0 saturated heterocycles. The average Bonchev–Trinajstić information content (AvgIpc) is 2.84. The molecule has 0 aliphatic heterocycles. The van der Waals surface area contributed by atoms with E-state index in [1.807, 2.05) is 18.2 Å². The van der Waals surface area contributed by atoms with Crippen LogP contribution in [0.2, 0.25) is 0 Å². The smallest absolute Gasteiger partial charge is 0.130 e. The SMILES string of the molecule is Nc1cccc(COc2ccc3c(c2)CCC3)n1. The molecule has 0 amide bonds. The van der Waals surface area contributed by atoms with Crippen LogP contribution >= 0.6 is 0 Å². The molecule has 2 aromatic rings. The Morgan fingerprint density at radius 1 is 1.11 bits per heavy atom. The Balaban J connectivity index is 1.70. The maximum atomic E-state index is 5.75. The molecule has 0 fully saturated rings. The molecule has 3 heteroatoms. The highest BCUT2D eigenvalue weighted by atomic mass is 16.5. The Bertz CT molecular complexity index is 566. The van der Waals surface area contributed by atoms with Crippen molar-refractivity contribution in [1.29, 1.82) is 0 Å². The van der Waals surface area contributed by atoms with Gasteiger partial charge in [0.2, 0.25) is 0 Å². The Kier molecular flexibility index (Phi) is 2.89. The van der Waals surface area contributed by atoms with Crippen molar-refractivity contribution in [3.8, 4) is 5.75 Å². The number of nitrogens with two attached hydrogens (primary N) is 1. The number of anilines is 1. The Morgan fingerprint density at radius 3 is 2.89 bits per heavy atom. The standard InChI is InChI=1S/C15H16N2O/c16-15-6-2-5-13(17-15)10-18-14-8-7-11-3-1-4-12(11)9-14/h2,5-9H,1,3-4,10H2,(H2,16,17). The van der Waals surface area contributed by atoms with E-state index in [0.29, 0.717) is 12.4 Å². The molecule has 0 spiro atoms. The molecule has 1 aliphatic rings. The van der Waals surface area contributed by atoms with E-state index >= 15 is 0 Å². The first-order valence-corrected chi connectivity index (χ1v) is 6.27. The summed E-state index contributed by atoms with van der Waals surface area (Å²) in [5, 5.41) is 0. The monoisotopic (exact) mass is 240 g/mol. The van der Waals surface area contributed by atoms with Crippen LogP contribution in [-0.2, 0) is 19.4 Å². The number of ether oxygens (including phenoxy) is 1. The Morgan fingerprint density at radius 2 is 2.00 bits per heavy atom. The van der Waals surface area contributed by atoms with Gasteiger partial charge in [-0.1, -0.05) is 12.1 Å². The molecule has 18 heavy (non-hydrogen) atoms. The number of rotatable bonds is 3. The summed E-state index contributed by atoms with van der Waals surface area (Å²) in [6, 6.07) is 11.9. The minimum Gasteiger partial charge on any atom is -0.487 e. The minimum atomic E-state index is 0.462. The highest BCUT2D eigenvalue weighted by Crippen LogP contribution is 2.26. The zero-order valence-electron chi connectivity index (χ0n) is 10.2. The molecule has 3 rings (SSSR count). The fourth-order valence-electron chi connectivity index (χ4n) is 2.37. The third-order valence-electron chi connectivity index (χ3n) is 3.28. The van der Waals surface area contributed by atoms with Gasteiger partial charge >= 0.3 is 0 Å². The molecule has 3 nitrogen and oxygen atoms in total. The van der Waals surface area contributed by atoms with Gasteiger partial charge in [0.25, 0.3) is 0 Å². The summed E-state index contributed by atoms with van der Waals surface area (Å²) in [4.78, 5) is 4.21. The van der Waals surface area contributed by atoms with Gasteiger partial charge in [0.05, 0.1) is 5.69 Å². The number of hydrogen-bond donors (Lipinski definition) is 1. The van der Waals surface area contributed by atoms with Crippen LogP contribution in [0.15, 0.2) is 36.4 Å². The number of fused-ring (bicyclic) bond motifs is 1. The predicted octanol–water partition coefficient (Wildman–Crippen LogP) is 2.73. The first-order valence-electron chi connectivity index (χ1n) is 6.27. The summed E-state index contributed by atoms with van der Waals surface area (Å²) in [6.45, 7) is 0.462. The molecule has 0 unspecified atom stereocenters. The van der Waals surface area contributed by atoms with Gasteiger partial charge in [-0.05, 0) is 54.7 Å². The maximum absolute atomic E-state index is 5.75. The van der Waals surface area contributed by atoms with Crippen LogP contribution in [0.5, 0.6) is 5.75 Å². The van der Waals surface area contributed by atoms with E-state index in [1.54, 1.807) is 6.07 Å². The van der Waals surface area contributed by atoms with Gasteiger partial charge in [-0.25, -0.2) is 4.98 Å². The van der Waals surface area contributed by atoms with Crippen LogP contribution in [0.4, 0.5) is 5.82 Å². The maximum Gasteiger partial charge on any atom is 0.130 e. The predicted molar refractivity (Wildman–Crippen MR) is 71.4 cm³/mol. The van der Waals surface area contributed by atoms with E-state index in [2.05, 4.69) is 17.1 Å². The normalized spacial score (nSPS) is 13.3. The van der Waals surface area contributed by atoms with Gasteiger partial charge in [0.1, 0.15) is 18.2 Å². The molecular weight excluding hydrogens is 224 g/mol. The Labute approximate surface area is 107 Å². The van der Waals surface area contributed by atoms with Crippen LogP contribution in [0.3, 0.4) is 0 Å². The highest BCUT2D eigenvalue weighted by molar-refractivity contribution is 5.38. The molecule has 1 heterocycles. The number of aryl methyl sites for hydroxylation is 2. The van der Waals surface area contributed by atoms with E-state index < -0.39 is 0 Å². The van der Waals surface area contributed by atoms with Crippen LogP contribution in [0.25, 0.3) is 0 Å². The molecule has 1 aromatic carbocycles. The average molecular weight is 240 g/mol. The van der Waals surface area contributed by atoms with E-state index in [9.17, 15) is 0 Å². The summed E-state index contributed by atoms with van der Waals surface area (Å²) in [5.74, 6) is 1.45. The van der Waals surface area contributed by atoms with Crippen LogP contribution in [0, 0.1) is 0 Å². The van der Waals surface area contributed by atoms with Crippen LogP contribution < -0.4 is 10.5 Å². The topological polar surface area (TPSA) is 48.1 Å². The van der Waals surface area contributed by atoms with E-state index in [0.717, 1.165) is 11.4 Å². The first-order chi connectivity index (χ1) is 8.81. The number of nitrogens with zero attached hydrogens (tertiary/aromatic N) is 1.